The molecule has 0 atom stereocenters. The minimum absolute atomic E-state index is 0.329. The summed E-state index contributed by atoms with van der Waals surface area (Å²) in [5, 5.41) is 3.96. The van der Waals surface area contributed by atoms with Gasteiger partial charge >= 0.3 is 0 Å². The van der Waals surface area contributed by atoms with Crippen molar-refractivity contribution in [1.29, 1.82) is 0 Å². The third-order valence-corrected chi connectivity index (χ3v) is 3.34. The van der Waals surface area contributed by atoms with Crippen LogP contribution < -0.4 is 0 Å². The SMILES string of the molecule is COCc1nc(CCn2c(COC)nc3ccccc32)no1. The van der Waals surface area contributed by atoms with E-state index in [1.807, 2.05) is 24.3 Å². The van der Waals surface area contributed by atoms with Crippen LogP contribution >= 0.6 is 0 Å². The van der Waals surface area contributed by atoms with E-state index < -0.39 is 0 Å². The summed E-state index contributed by atoms with van der Waals surface area (Å²) in [6.45, 7) is 1.51. The Morgan fingerprint density at radius 3 is 2.73 bits per heavy atom. The molecule has 2 heterocycles. The first-order valence-corrected chi connectivity index (χ1v) is 7.05. The molecular formula is C15H18N4O3. The summed E-state index contributed by atoms with van der Waals surface area (Å²) in [5.74, 6) is 2.04. The zero-order valence-electron chi connectivity index (χ0n) is 12.7. The topological polar surface area (TPSA) is 75.2 Å². The fraction of sp³-hybridized carbons (Fsp3) is 0.400. The van der Waals surface area contributed by atoms with Crippen molar-refractivity contribution in [3.63, 3.8) is 0 Å². The second kappa shape index (κ2) is 6.67. The minimum Gasteiger partial charge on any atom is -0.377 e. The van der Waals surface area contributed by atoms with E-state index in [9.17, 15) is 0 Å². The number of para-hydroxylation sites is 2. The number of ether oxygens (including phenoxy) is 2. The number of methoxy groups -OCH3 is 2. The Hall–Kier alpha value is -2.25. The highest BCUT2D eigenvalue weighted by Crippen LogP contribution is 2.17. The van der Waals surface area contributed by atoms with Crippen molar-refractivity contribution in [3.05, 3.63) is 41.8 Å². The van der Waals surface area contributed by atoms with E-state index in [1.54, 1.807) is 14.2 Å². The maximum Gasteiger partial charge on any atom is 0.252 e. The Morgan fingerprint density at radius 1 is 1.09 bits per heavy atom. The van der Waals surface area contributed by atoms with Gasteiger partial charge in [0.1, 0.15) is 19.0 Å². The van der Waals surface area contributed by atoms with Gasteiger partial charge in [0.15, 0.2) is 5.82 Å². The van der Waals surface area contributed by atoms with Crippen LogP contribution in [-0.4, -0.2) is 33.9 Å². The molecule has 0 radical (unpaired) electrons. The quantitative estimate of drug-likeness (QED) is 0.664. The highest BCUT2D eigenvalue weighted by Gasteiger charge is 2.12. The normalized spacial score (nSPS) is 11.4. The van der Waals surface area contributed by atoms with E-state index >= 15 is 0 Å². The molecule has 0 bridgehead atoms. The Labute approximate surface area is 127 Å². The van der Waals surface area contributed by atoms with E-state index in [0.29, 0.717) is 37.9 Å². The molecule has 0 unspecified atom stereocenters. The molecule has 3 rings (SSSR count). The average Bonchev–Trinajstić information content (AvgIpc) is 3.10. The monoisotopic (exact) mass is 302 g/mol. The standard InChI is InChI=1S/C15H18N4O3/c1-20-9-14-16-11-5-3-4-6-12(11)19(14)8-7-13-17-15(10-21-2)22-18-13/h3-6H,7-10H2,1-2H3. The van der Waals surface area contributed by atoms with E-state index in [4.69, 9.17) is 14.0 Å². The van der Waals surface area contributed by atoms with Gasteiger partial charge < -0.3 is 18.6 Å². The predicted molar refractivity (Wildman–Crippen MR) is 79.2 cm³/mol. The molecule has 0 aliphatic rings. The molecule has 0 spiro atoms. The van der Waals surface area contributed by atoms with Crippen molar-refractivity contribution < 1.29 is 14.0 Å². The molecule has 7 heteroatoms. The first kappa shape index (κ1) is 14.7. The van der Waals surface area contributed by atoms with Crippen LogP contribution in [0.5, 0.6) is 0 Å². The van der Waals surface area contributed by atoms with Crippen LogP contribution in [0.1, 0.15) is 17.5 Å². The van der Waals surface area contributed by atoms with E-state index in [-0.39, 0.29) is 0 Å². The molecule has 3 aromatic rings. The van der Waals surface area contributed by atoms with Crippen LogP contribution in [0.3, 0.4) is 0 Å². The number of hydrogen-bond acceptors (Lipinski definition) is 6. The van der Waals surface area contributed by atoms with Gasteiger partial charge in [0, 0.05) is 27.2 Å². The maximum absolute atomic E-state index is 5.24. The van der Waals surface area contributed by atoms with Crippen molar-refractivity contribution >= 4 is 11.0 Å². The molecule has 0 N–H and O–H groups in total. The van der Waals surface area contributed by atoms with Crippen LogP contribution in [-0.2, 0) is 35.7 Å². The second-order valence-corrected chi connectivity index (χ2v) is 4.89. The van der Waals surface area contributed by atoms with Crippen LogP contribution in [0.15, 0.2) is 28.8 Å². The summed E-state index contributed by atoms with van der Waals surface area (Å²) in [6, 6.07) is 8.03. The van der Waals surface area contributed by atoms with Gasteiger partial charge in [-0.05, 0) is 12.1 Å². The number of rotatable bonds is 7. The lowest BCUT2D eigenvalue weighted by atomic mass is 10.3. The number of nitrogens with zero attached hydrogens (tertiary/aromatic N) is 4. The summed E-state index contributed by atoms with van der Waals surface area (Å²) in [7, 11) is 3.26. The number of imidazole rings is 1. The average molecular weight is 302 g/mol. The molecule has 22 heavy (non-hydrogen) atoms. The van der Waals surface area contributed by atoms with E-state index in [0.717, 1.165) is 16.9 Å². The van der Waals surface area contributed by atoms with Gasteiger partial charge in [-0.25, -0.2) is 4.98 Å². The summed E-state index contributed by atoms with van der Waals surface area (Å²) in [4.78, 5) is 8.89. The first-order valence-electron chi connectivity index (χ1n) is 7.05. The molecule has 7 nitrogen and oxygen atoms in total. The van der Waals surface area contributed by atoms with Crippen molar-refractivity contribution in [2.45, 2.75) is 26.2 Å². The number of aromatic nitrogens is 4. The summed E-state index contributed by atoms with van der Waals surface area (Å²) >= 11 is 0. The molecule has 0 saturated carbocycles. The van der Waals surface area contributed by atoms with Crippen molar-refractivity contribution in [2.24, 2.45) is 0 Å². The third-order valence-electron chi connectivity index (χ3n) is 3.34. The van der Waals surface area contributed by atoms with Crippen LogP contribution in [0.25, 0.3) is 11.0 Å². The van der Waals surface area contributed by atoms with Crippen molar-refractivity contribution in [3.8, 4) is 0 Å². The van der Waals surface area contributed by atoms with E-state index in [2.05, 4.69) is 19.7 Å². The Kier molecular flexibility index (Phi) is 4.45. The summed E-state index contributed by atoms with van der Waals surface area (Å²) in [6.07, 6.45) is 0.657. The van der Waals surface area contributed by atoms with Gasteiger partial charge in [-0.1, -0.05) is 17.3 Å². The lowest BCUT2D eigenvalue weighted by Crippen LogP contribution is -2.08. The molecule has 0 aliphatic carbocycles. The Morgan fingerprint density at radius 2 is 1.91 bits per heavy atom. The Bertz CT molecular complexity index is 750. The molecule has 2 aromatic heterocycles. The first-order chi connectivity index (χ1) is 10.8. The van der Waals surface area contributed by atoms with Crippen molar-refractivity contribution in [2.75, 3.05) is 14.2 Å². The maximum atomic E-state index is 5.24. The minimum atomic E-state index is 0.329. The zero-order valence-corrected chi connectivity index (χ0v) is 12.7. The van der Waals surface area contributed by atoms with Crippen LogP contribution in [0.4, 0.5) is 0 Å². The largest absolute Gasteiger partial charge is 0.377 e. The summed E-state index contributed by atoms with van der Waals surface area (Å²) in [5.41, 5.74) is 2.04. The Balaban J connectivity index is 1.81. The smallest absolute Gasteiger partial charge is 0.252 e. The van der Waals surface area contributed by atoms with Crippen molar-refractivity contribution in [1.82, 2.24) is 19.7 Å². The molecule has 0 amide bonds. The molecule has 0 fully saturated rings. The molecule has 0 saturated heterocycles. The van der Waals surface area contributed by atoms with Gasteiger partial charge in [-0.3, -0.25) is 0 Å². The van der Waals surface area contributed by atoms with E-state index in [1.165, 1.54) is 0 Å². The predicted octanol–water partition coefficient (Wildman–Crippen LogP) is 1.95. The lowest BCUT2D eigenvalue weighted by molar-refractivity contribution is 0.151. The highest BCUT2D eigenvalue weighted by molar-refractivity contribution is 5.75. The number of aryl methyl sites for hydroxylation is 2. The molecular weight excluding hydrogens is 284 g/mol. The second-order valence-electron chi connectivity index (χ2n) is 4.89. The van der Waals surface area contributed by atoms with Gasteiger partial charge in [0.25, 0.3) is 5.89 Å². The molecule has 0 aliphatic heterocycles. The molecule has 116 valence electrons. The zero-order chi connectivity index (χ0) is 15.4. The van der Waals surface area contributed by atoms with Gasteiger partial charge in [0.05, 0.1) is 11.0 Å². The highest BCUT2D eigenvalue weighted by atomic mass is 16.5. The van der Waals surface area contributed by atoms with Gasteiger partial charge in [-0.2, -0.15) is 4.98 Å². The fourth-order valence-corrected chi connectivity index (χ4v) is 2.40. The number of fused-ring (bicyclic) bond motifs is 1. The lowest BCUT2D eigenvalue weighted by Gasteiger charge is -2.07. The molecule has 1 aromatic carbocycles. The third kappa shape index (κ3) is 3.00. The van der Waals surface area contributed by atoms with Crippen LogP contribution in [0, 0.1) is 0 Å². The van der Waals surface area contributed by atoms with Gasteiger partial charge in [0.2, 0.25) is 0 Å². The summed E-state index contributed by atoms with van der Waals surface area (Å²) < 4.78 is 17.4. The van der Waals surface area contributed by atoms with Crippen LogP contribution in [0.2, 0.25) is 0 Å². The van der Waals surface area contributed by atoms with Gasteiger partial charge in [-0.15, -0.1) is 0 Å². The number of hydrogen-bond donors (Lipinski definition) is 0. The number of benzene rings is 1. The fourth-order valence-electron chi connectivity index (χ4n) is 2.40.